The van der Waals surface area contributed by atoms with Crippen LogP contribution in [0, 0.1) is 0 Å². The van der Waals surface area contributed by atoms with Crippen LogP contribution in [0.3, 0.4) is 0 Å². The van der Waals surface area contributed by atoms with Crippen LogP contribution in [0.5, 0.6) is 0 Å². The van der Waals surface area contributed by atoms with Gasteiger partial charge in [0.15, 0.2) is 0 Å². The average Bonchev–Trinajstić information content (AvgIpc) is 2.59. The highest BCUT2D eigenvalue weighted by Gasteiger charge is 2.21. The van der Waals surface area contributed by atoms with E-state index in [2.05, 4.69) is 36.1 Å². The van der Waals surface area contributed by atoms with Gasteiger partial charge in [-0.2, -0.15) is 0 Å². The molecule has 1 saturated heterocycles. The molecule has 0 bridgehead atoms. The molecule has 84 valence electrons. The molecule has 3 heteroatoms. The summed E-state index contributed by atoms with van der Waals surface area (Å²) in [4.78, 5) is 4.81. The van der Waals surface area contributed by atoms with E-state index in [9.17, 15) is 0 Å². The van der Waals surface area contributed by atoms with Gasteiger partial charge in [-0.05, 0) is 40.0 Å². The smallest absolute Gasteiger partial charge is 0.0221 e. The van der Waals surface area contributed by atoms with Crippen molar-refractivity contribution in [1.29, 1.82) is 0 Å². The fourth-order valence-electron chi connectivity index (χ4n) is 2.11. The summed E-state index contributed by atoms with van der Waals surface area (Å²) in [5.74, 6) is 0. The van der Waals surface area contributed by atoms with Crippen molar-refractivity contribution >= 4 is 0 Å². The van der Waals surface area contributed by atoms with Crippen LogP contribution in [0.25, 0.3) is 0 Å². The Balaban J connectivity index is 2.05. The van der Waals surface area contributed by atoms with E-state index in [0.29, 0.717) is 0 Å². The van der Waals surface area contributed by atoms with Crippen molar-refractivity contribution in [3.8, 4) is 0 Å². The molecule has 0 aromatic heterocycles. The molecule has 1 aliphatic rings. The van der Waals surface area contributed by atoms with E-state index in [1.807, 2.05) is 0 Å². The molecule has 0 saturated carbocycles. The molecule has 1 N–H and O–H groups in total. The Morgan fingerprint density at radius 2 is 2.21 bits per heavy atom. The van der Waals surface area contributed by atoms with E-state index in [1.54, 1.807) is 0 Å². The molecule has 0 aromatic carbocycles. The van der Waals surface area contributed by atoms with Crippen LogP contribution in [-0.4, -0.2) is 62.7 Å². The van der Waals surface area contributed by atoms with E-state index < -0.39 is 0 Å². The van der Waals surface area contributed by atoms with Crippen LogP contribution in [0.1, 0.15) is 19.8 Å². The van der Waals surface area contributed by atoms with E-state index in [0.717, 1.165) is 19.1 Å². The summed E-state index contributed by atoms with van der Waals surface area (Å²) >= 11 is 0. The van der Waals surface area contributed by atoms with Gasteiger partial charge in [-0.25, -0.2) is 0 Å². The van der Waals surface area contributed by atoms with Gasteiger partial charge in [0.2, 0.25) is 0 Å². The zero-order valence-electron chi connectivity index (χ0n) is 9.92. The van der Waals surface area contributed by atoms with Gasteiger partial charge in [0.25, 0.3) is 0 Å². The number of nitrogens with one attached hydrogen (secondary N) is 1. The van der Waals surface area contributed by atoms with Crippen molar-refractivity contribution in [2.45, 2.75) is 25.8 Å². The minimum absolute atomic E-state index is 0.794. The molecule has 1 aliphatic heterocycles. The molecule has 0 aromatic rings. The monoisotopic (exact) mass is 199 g/mol. The Morgan fingerprint density at radius 3 is 2.86 bits per heavy atom. The van der Waals surface area contributed by atoms with Gasteiger partial charge in [-0.1, -0.05) is 6.92 Å². The predicted octanol–water partition coefficient (Wildman–Crippen LogP) is 0.622. The van der Waals surface area contributed by atoms with E-state index in [4.69, 9.17) is 0 Å². The summed E-state index contributed by atoms with van der Waals surface area (Å²) in [6, 6.07) is 0.794. The summed E-state index contributed by atoms with van der Waals surface area (Å²) in [5.41, 5.74) is 0. The van der Waals surface area contributed by atoms with Crippen LogP contribution in [0.2, 0.25) is 0 Å². The first-order valence-corrected chi connectivity index (χ1v) is 5.83. The van der Waals surface area contributed by atoms with Crippen LogP contribution < -0.4 is 5.32 Å². The number of nitrogens with zero attached hydrogens (tertiary/aromatic N) is 2. The highest BCUT2D eigenvalue weighted by molar-refractivity contribution is 4.79. The molecular weight excluding hydrogens is 174 g/mol. The van der Waals surface area contributed by atoms with Crippen LogP contribution >= 0.6 is 0 Å². The number of likely N-dealkylation sites (tertiary alicyclic amines) is 1. The first kappa shape index (κ1) is 12.0. The maximum atomic E-state index is 3.54. The SMILES string of the molecule is CCN1CCC[C@@H]1CNCCN(C)C. The summed E-state index contributed by atoms with van der Waals surface area (Å²) < 4.78 is 0. The Morgan fingerprint density at radius 1 is 1.43 bits per heavy atom. The van der Waals surface area contributed by atoms with Crippen LogP contribution in [0.4, 0.5) is 0 Å². The standard InChI is InChI=1S/C11H25N3/c1-4-14-8-5-6-11(14)10-12-7-9-13(2)3/h11-12H,4-10H2,1-3H3/t11-/m1/s1. The average molecular weight is 199 g/mol. The van der Waals surface area contributed by atoms with Crippen LogP contribution in [-0.2, 0) is 0 Å². The van der Waals surface area contributed by atoms with Crippen molar-refractivity contribution < 1.29 is 0 Å². The third kappa shape index (κ3) is 3.95. The number of hydrogen-bond acceptors (Lipinski definition) is 3. The van der Waals surface area contributed by atoms with Crippen molar-refractivity contribution in [3.63, 3.8) is 0 Å². The normalized spacial score (nSPS) is 23.6. The molecule has 0 spiro atoms. The van der Waals surface area contributed by atoms with Gasteiger partial charge < -0.3 is 10.2 Å². The number of hydrogen-bond donors (Lipinski definition) is 1. The largest absolute Gasteiger partial charge is 0.314 e. The summed E-state index contributed by atoms with van der Waals surface area (Å²) in [7, 11) is 4.24. The second-order valence-electron chi connectivity index (χ2n) is 4.43. The lowest BCUT2D eigenvalue weighted by Gasteiger charge is -2.23. The Bertz CT molecular complexity index is 147. The van der Waals surface area contributed by atoms with Gasteiger partial charge in [0.1, 0.15) is 0 Å². The molecule has 3 nitrogen and oxygen atoms in total. The third-order valence-electron chi connectivity index (χ3n) is 3.02. The molecule has 1 atom stereocenters. The topological polar surface area (TPSA) is 18.5 Å². The van der Waals surface area contributed by atoms with Gasteiger partial charge in [-0.3, -0.25) is 4.90 Å². The molecule has 1 heterocycles. The highest BCUT2D eigenvalue weighted by atomic mass is 15.2. The molecule has 0 aliphatic carbocycles. The van der Waals surface area contributed by atoms with Gasteiger partial charge in [0.05, 0.1) is 0 Å². The van der Waals surface area contributed by atoms with E-state index in [-0.39, 0.29) is 0 Å². The van der Waals surface area contributed by atoms with E-state index in [1.165, 1.54) is 32.5 Å². The van der Waals surface area contributed by atoms with Crippen molar-refractivity contribution in [1.82, 2.24) is 15.1 Å². The summed E-state index contributed by atoms with van der Waals surface area (Å²) in [6.07, 6.45) is 2.76. The fourth-order valence-corrected chi connectivity index (χ4v) is 2.11. The van der Waals surface area contributed by atoms with Crippen molar-refractivity contribution in [2.75, 3.05) is 46.8 Å². The first-order valence-electron chi connectivity index (χ1n) is 5.83. The molecule has 0 radical (unpaired) electrons. The van der Waals surface area contributed by atoms with Gasteiger partial charge in [0, 0.05) is 25.7 Å². The minimum Gasteiger partial charge on any atom is -0.314 e. The lowest BCUT2D eigenvalue weighted by atomic mass is 10.2. The lowest BCUT2D eigenvalue weighted by Crippen LogP contribution is -2.39. The zero-order chi connectivity index (χ0) is 10.4. The zero-order valence-corrected chi connectivity index (χ0v) is 9.92. The third-order valence-corrected chi connectivity index (χ3v) is 3.02. The molecular formula is C11H25N3. The van der Waals surface area contributed by atoms with Gasteiger partial charge >= 0.3 is 0 Å². The second kappa shape index (κ2) is 6.38. The molecule has 1 fully saturated rings. The highest BCUT2D eigenvalue weighted by Crippen LogP contribution is 2.15. The van der Waals surface area contributed by atoms with Crippen molar-refractivity contribution in [2.24, 2.45) is 0 Å². The first-order chi connectivity index (χ1) is 6.74. The quantitative estimate of drug-likeness (QED) is 0.633. The summed E-state index contributed by atoms with van der Waals surface area (Å²) in [6.45, 7) is 8.19. The predicted molar refractivity (Wildman–Crippen MR) is 61.7 cm³/mol. The van der Waals surface area contributed by atoms with Crippen molar-refractivity contribution in [3.05, 3.63) is 0 Å². The fraction of sp³-hybridized carbons (Fsp3) is 1.00. The molecule has 0 unspecified atom stereocenters. The Labute approximate surface area is 88.5 Å². The lowest BCUT2D eigenvalue weighted by molar-refractivity contribution is 0.257. The molecule has 0 amide bonds. The number of likely N-dealkylation sites (N-methyl/N-ethyl adjacent to an activating group) is 2. The molecule has 1 rings (SSSR count). The maximum absolute atomic E-state index is 3.54. The number of rotatable bonds is 6. The molecule has 14 heavy (non-hydrogen) atoms. The van der Waals surface area contributed by atoms with Gasteiger partial charge in [-0.15, -0.1) is 0 Å². The Hall–Kier alpha value is -0.120. The van der Waals surface area contributed by atoms with E-state index >= 15 is 0 Å². The van der Waals surface area contributed by atoms with Crippen LogP contribution in [0.15, 0.2) is 0 Å². The Kier molecular flexibility index (Phi) is 5.45. The summed E-state index contributed by atoms with van der Waals surface area (Å²) in [5, 5.41) is 3.54. The minimum atomic E-state index is 0.794. The maximum Gasteiger partial charge on any atom is 0.0221 e. The second-order valence-corrected chi connectivity index (χ2v) is 4.43.